The molecule has 2 aromatic heterocycles. The number of hydrogen-bond donors (Lipinski definition) is 1. The normalized spacial score (nSPS) is 11.8. The Labute approximate surface area is 98.7 Å². The summed E-state index contributed by atoms with van der Waals surface area (Å²) in [6, 6.07) is 3.20. The first-order valence-electron chi connectivity index (χ1n) is 4.74. The van der Waals surface area contributed by atoms with Crippen molar-refractivity contribution in [3.63, 3.8) is 0 Å². The Kier molecular flexibility index (Phi) is 2.82. The van der Waals surface area contributed by atoms with Crippen LogP contribution < -0.4 is 5.56 Å². The summed E-state index contributed by atoms with van der Waals surface area (Å²) < 4.78 is 37.6. The lowest BCUT2D eigenvalue weighted by Gasteiger charge is -2.08. The summed E-state index contributed by atoms with van der Waals surface area (Å²) in [5, 5.41) is 1.77. The van der Waals surface area contributed by atoms with Gasteiger partial charge in [-0.3, -0.25) is 4.79 Å². The molecule has 0 amide bonds. The van der Waals surface area contributed by atoms with Crippen LogP contribution in [0.25, 0.3) is 11.3 Å². The lowest BCUT2D eigenvalue weighted by Crippen LogP contribution is -2.13. The van der Waals surface area contributed by atoms with Crippen molar-refractivity contribution in [2.75, 3.05) is 0 Å². The zero-order chi connectivity index (χ0) is 12.6. The monoisotopic (exact) mass is 259 g/mol. The predicted octanol–water partition coefficient (Wildman–Crippen LogP) is 3.43. The molecule has 0 spiro atoms. The largest absolute Gasteiger partial charge is 0.416 e. The van der Waals surface area contributed by atoms with Crippen LogP contribution in [0.4, 0.5) is 13.2 Å². The smallest absolute Gasteiger partial charge is 0.322 e. The molecule has 0 atom stereocenters. The zero-order valence-electron chi connectivity index (χ0n) is 8.76. The third-order valence-electron chi connectivity index (χ3n) is 2.32. The lowest BCUT2D eigenvalue weighted by atomic mass is 10.1. The molecule has 0 aromatic carbocycles. The second-order valence-electron chi connectivity index (χ2n) is 3.54. The van der Waals surface area contributed by atoms with Crippen molar-refractivity contribution in [1.82, 2.24) is 4.98 Å². The Morgan fingerprint density at radius 3 is 2.53 bits per heavy atom. The quantitative estimate of drug-likeness (QED) is 0.836. The predicted molar refractivity (Wildman–Crippen MR) is 60.1 cm³/mol. The van der Waals surface area contributed by atoms with Gasteiger partial charge in [0.05, 0.1) is 5.56 Å². The summed E-state index contributed by atoms with van der Waals surface area (Å²) in [6.07, 6.45) is -4.51. The van der Waals surface area contributed by atoms with E-state index in [9.17, 15) is 18.0 Å². The fourth-order valence-corrected chi connectivity index (χ4v) is 2.23. The summed E-state index contributed by atoms with van der Waals surface area (Å²) in [4.78, 5) is 14.5. The van der Waals surface area contributed by atoms with E-state index in [0.29, 0.717) is 11.6 Å². The first-order chi connectivity index (χ1) is 7.88. The average Bonchev–Trinajstić information content (AvgIpc) is 2.62. The van der Waals surface area contributed by atoms with Crippen LogP contribution in [0, 0.1) is 6.92 Å². The molecule has 0 unspecified atom stereocenters. The summed E-state index contributed by atoms with van der Waals surface area (Å²) in [6.45, 7) is 1.79. The highest BCUT2D eigenvalue weighted by Gasteiger charge is 2.31. The van der Waals surface area contributed by atoms with Crippen LogP contribution in [0.3, 0.4) is 0 Å². The molecule has 0 aliphatic carbocycles. The van der Waals surface area contributed by atoms with Crippen LogP contribution in [0.2, 0.25) is 0 Å². The van der Waals surface area contributed by atoms with Gasteiger partial charge in [0, 0.05) is 22.2 Å². The van der Waals surface area contributed by atoms with Crippen LogP contribution in [0.1, 0.15) is 10.4 Å². The standard InChI is InChI=1S/C11H8F3NOS/c1-6-8(2-3-17-6)9-4-7(11(12,13)14)5-10(16)15-9/h2-5H,1H3,(H,15,16). The van der Waals surface area contributed by atoms with Crippen molar-refractivity contribution >= 4 is 11.3 Å². The average molecular weight is 259 g/mol. The number of aromatic nitrogens is 1. The van der Waals surface area contributed by atoms with Crippen molar-refractivity contribution in [2.24, 2.45) is 0 Å². The van der Waals surface area contributed by atoms with Gasteiger partial charge in [-0.05, 0) is 24.4 Å². The number of rotatable bonds is 1. The molecule has 0 radical (unpaired) electrons. The molecule has 2 heterocycles. The number of thiophene rings is 1. The first-order valence-corrected chi connectivity index (χ1v) is 5.62. The number of aromatic amines is 1. The number of H-pyrrole nitrogens is 1. The molecular formula is C11H8F3NOS. The highest BCUT2D eigenvalue weighted by Crippen LogP contribution is 2.32. The molecule has 0 bridgehead atoms. The minimum Gasteiger partial charge on any atom is -0.322 e. The Balaban J connectivity index is 2.61. The summed E-state index contributed by atoms with van der Waals surface area (Å²) in [5.41, 5.74) is -0.857. The summed E-state index contributed by atoms with van der Waals surface area (Å²) in [7, 11) is 0. The minimum absolute atomic E-state index is 0.198. The molecule has 2 rings (SSSR count). The molecule has 0 saturated carbocycles. The third kappa shape index (κ3) is 2.41. The zero-order valence-corrected chi connectivity index (χ0v) is 9.58. The molecule has 6 heteroatoms. The molecular weight excluding hydrogens is 251 g/mol. The number of alkyl halides is 3. The maximum atomic E-state index is 12.5. The van der Waals surface area contributed by atoms with E-state index in [4.69, 9.17) is 0 Å². The number of nitrogens with one attached hydrogen (secondary N) is 1. The molecule has 17 heavy (non-hydrogen) atoms. The van der Waals surface area contributed by atoms with Gasteiger partial charge >= 0.3 is 6.18 Å². The molecule has 2 nitrogen and oxygen atoms in total. The highest BCUT2D eigenvalue weighted by molar-refractivity contribution is 7.10. The van der Waals surface area contributed by atoms with E-state index < -0.39 is 17.3 Å². The summed E-state index contributed by atoms with van der Waals surface area (Å²) in [5.74, 6) is 0. The number of pyridine rings is 1. The Morgan fingerprint density at radius 1 is 1.29 bits per heavy atom. The molecule has 2 aromatic rings. The Bertz CT molecular complexity index is 597. The van der Waals surface area contributed by atoms with Gasteiger partial charge in [-0.1, -0.05) is 0 Å². The highest BCUT2D eigenvalue weighted by atomic mass is 32.1. The van der Waals surface area contributed by atoms with Crippen molar-refractivity contribution in [3.05, 3.63) is 44.4 Å². The van der Waals surface area contributed by atoms with Gasteiger partial charge in [0.25, 0.3) is 0 Å². The second-order valence-corrected chi connectivity index (χ2v) is 4.66. The van der Waals surface area contributed by atoms with E-state index in [1.54, 1.807) is 18.4 Å². The van der Waals surface area contributed by atoms with E-state index in [1.807, 2.05) is 0 Å². The number of halogens is 3. The van der Waals surface area contributed by atoms with Gasteiger partial charge in [0.1, 0.15) is 0 Å². The van der Waals surface area contributed by atoms with Crippen molar-refractivity contribution in [2.45, 2.75) is 13.1 Å². The van der Waals surface area contributed by atoms with Crippen molar-refractivity contribution in [1.29, 1.82) is 0 Å². The molecule has 0 fully saturated rings. The Morgan fingerprint density at radius 2 is 2.00 bits per heavy atom. The number of aryl methyl sites for hydroxylation is 1. The van der Waals surface area contributed by atoms with Gasteiger partial charge in [0.2, 0.25) is 5.56 Å². The number of hydrogen-bond acceptors (Lipinski definition) is 2. The lowest BCUT2D eigenvalue weighted by molar-refractivity contribution is -0.137. The van der Waals surface area contributed by atoms with Crippen LogP contribution in [-0.2, 0) is 6.18 Å². The first kappa shape index (κ1) is 11.9. The van der Waals surface area contributed by atoms with Crippen molar-refractivity contribution < 1.29 is 13.2 Å². The van der Waals surface area contributed by atoms with E-state index >= 15 is 0 Å². The van der Waals surface area contributed by atoms with Gasteiger partial charge in [-0.2, -0.15) is 13.2 Å². The fraction of sp³-hybridized carbons (Fsp3) is 0.182. The van der Waals surface area contributed by atoms with Gasteiger partial charge in [0.15, 0.2) is 0 Å². The van der Waals surface area contributed by atoms with Crippen molar-refractivity contribution in [3.8, 4) is 11.3 Å². The molecule has 0 aliphatic heterocycles. The topological polar surface area (TPSA) is 32.9 Å². The van der Waals surface area contributed by atoms with Crippen LogP contribution in [0.15, 0.2) is 28.4 Å². The molecule has 0 saturated heterocycles. The summed E-state index contributed by atoms with van der Waals surface area (Å²) >= 11 is 1.42. The fourth-order valence-electron chi connectivity index (χ4n) is 1.52. The van der Waals surface area contributed by atoms with E-state index in [2.05, 4.69) is 4.98 Å². The molecule has 1 N–H and O–H groups in total. The maximum Gasteiger partial charge on any atom is 0.416 e. The van der Waals surface area contributed by atoms with Gasteiger partial charge in [-0.25, -0.2) is 0 Å². The van der Waals surface area contributed by atoms with Crippen LogP contribution >= 0.6 is 11.3 Å². The second kappa shape index (κ2) is 4.03. The van der Waals surface area contributed by atoms with Crippen LogP contribution in [-0.4, -0.2) is 4.98 Å². The molecule has 90 valence electrons. The minimum atomic E-state index is -4.51. The van der Waals surface area contributed by atoms with Gasteiger partial charge in [-0.15, -0.1) is 11.3 Å². The third-order valence-corrected chi connectivity index (χ3v) is 3.17. The SMILES string of the molecule is Cc1sccc1-c1cc(C(F)(F)F)cc(=O)[nH]1. The van der Waals surface area contributed by atoms with E-state index in [0.717, 1.165) is 10.9 Å². The maximum absolute atomic E-state index is 12.5. The van der Waals surface area contributed by atoms with E-state index in [-0.39, 0.29) is 5.69 Å². The Hall–Kier alpha value is -1.56. The molecule has 0 aliphatic rings. The van der Waals surface area contributed by atoms with Crippen LogP contribution in [0.5, 0.6) is 0 Å². The van der Waals surface area contributed by atoms with E-state index in [1.165, 1.54) is 11.3 Å². The van der Waals surface area contributed by atoms with Gasteiger partial charge < -0.3 is 4.98 Å².